The Morgan fingerprint density at radius 3 is 2.61 bits per heavy atom. The van der Waals surface area contributed by atoms with Crippen LogP contribution in [0.4, 0.5) is 5.95 Å². The number of carbonyl (C=O) groups excluding carboxylic acids is 1. The van der Waals surface area contributed by atoms with E-state index in [4.69, 9.17) is 4.74 Å². The first kappa shape index (κ1) is 17.4. The van der Waals surface area contributed by atoms with E-state index in [2.05, 4.69) is 20.4 Å². The molecule has 2 aromatic heterocycles. The molecule has 0 radical (unpaired) electrons. The molecule has 0 aliphatic rings. The minimum atomic E-state index is -0.326. The number of carbonyl (C=O) groups is 1. The summed E-state index contributed by atoms with van der Waals surface area (Å²) in [5, 5.41) is 7.04. The molecule has 4 rings (SSSR count). The van der Waals surface area contributed by atoms with Crippen molar-refractivity contribution in [3.05, 3.63) is 78.5 Å². The molecule has 0 fully saturated rings. The topological polar surface area (TPSA) is 81.4 Å². The van der Waals surface area contributed by atoms with E-state index in [1.807, 2.05) is 60.7 Å². The lowest BCUT2D eigenvalue weighted by Crippen LogP contribution is -2.09. The molecule has 1 N–H and O–H groups in total. The number of aromatic nitrogens is 4. The van der Waals surface area contributed by atoms with Crippen LogP contribution in [0.1, 0.15) is 5.56 Å². The summed E-state index contributed by atoms with van der Waals surface area (Å²) in [7, 11) is 1.61. The molecular formula is C21H17N5O2. The van der Waals surface area contributed by atoms with Crippen molar-refractivity contribution >= 4 is 23.7 Å². The van der Waals surface area contributed by atoms with Crippen LogP contribution in [-0.2, 0) is 4.79 Å². The number of benzene rings is 2. The first-order valence-electron chi connectivity index (χ1n) is 8.63. The number of hydrogen-bond donors (Lipinski definition) is 1. The number of nitrogens with zero attached hydrogens (tertiary/aromatic N) is 4. The van der Waals surface area contributed by atoms with Crippen LogP contribution in [0.15, 0.2) is 72.9 Å². The van der Waals surface area contributed by atoms with Gasteiger partial charge >= 0.3 is 0 Å². The van der Waals surface area contributed by atoms with Gasteiger partial charge < -0.3 is 4.74 Å². The lowest BCUT2D eigenvalue weighted by Gasteiger charge is -2.02. The average molecular weight is 371 g/mol. The highest BCUT2D eigenvalue weighted by atomic mass is 16.5. The summed E-state index contributed by atoms with van der Waals surface area (Å²) in [4.78, 5) is 20.7. The Bertz CT molecular complexity index is 1130. The number of anilines is 1. The van der Waals surface area contributed by atoms with Crippen molar-refractivity contribution in [2.45, 2.75) is 0 Å². The molecule has 28 heavy (non-hydrogen) atoms. The molecule has 0 bridgehead atoms. The Kier molecular flexibility index (Phi) is 4.79. The Morgan fingerprint density at radius 2 is 1.86 bits per heavy atom. The van der Waals surface area contributed by atoms with E-state index in [0.29, 0.717) is 5.78 Å². The molecule has 0 unspecified atom stereocenters. The maximum absolute atomic E-state index is 12.2. The third-order valence-electron chi connectivity index (χ3n) is 4.09. The minimum absolute atomic E-state index is 0.195. The van der Waals surface area contributed by atoms with Gasteiger partial charge in [0.2, 0.25) is 0 Å². The van der Waals surface area contributed by atoms with Gasteiger partial charge in [-0.25, -0.2) is 4.98 Å². The molecule has 0 spiro atoms. The molecule has 0 aliphatic carbocycles. The third-order valence-corrected chi connectivity index (χ3v) is 4.09. The lowest BCUT2D eigenvalue weighted by molar-refractivity contribution is -0.111. The van der Waals surface area contributed by atoms with E-state index in [9.17, 15) is 4.79 Å². The summed E-state index contributed by atoms with van der Waals surface area (Å²) >= 11 is 0. The zero-order chi connectivity index (χ0) is 19.3. The van der Waals surface area contributed by atoms with Gasteiger partial charge in [-0.2, -0.15) is 9.50 Å². The number of rotatable bonds is 5. The standard InChI is InChI=1S/C21H17N5O2/c1-28-17-10-7-15(8-11-17)9-12-19(27)23-20-24-21-22-14-13-18(26(21)25-20)16-5-3-2-4-6-16/h2-14H,1H3,(H,23,25,27). The molecule has 2 aromatic carbocycles. The van der Waals surface area contributed by atoms with Crippen molar-refractivity contribution in [2.75, 3.05) is 12.4 Å². The predicted molar refractivity (Wildman–Crippen MR) is 107 cm³/mol. The summed E-state index contributed by atoms with van der Waals surface area (Å²) < 4.78 is 6.73. The van der Waals surface area contributed by atoms with Gasteiger partial charge in [0, 0.05) is 17.8 Å². The molecule has 1 amide bonds. The average Bonchev–Trinajstić information content (AvgIpc) is 3.15. The summed E-state index contributed by atoms with van der Waals surface area (Å²) in [6.45, 7) is 0. The van der Waals surface area contributed by atoms with E-state index in [1.54, 1.807) is 23.9 Å². The third kappa shape index (κ3) is 3.73. The van der Waals surface area contributed by atoms with Crippen LogP contribution < -0.4 is 10.1 Å². The molecule has 7 heteroatoms. The molecule has 0 aliphatic heterocycles. The maximum atomic E-state index is 12.2. The maximum Gasteiger partial charge on any atom is 0.254 e. The largest absolute Gasteiger partial charge is 0.497 e. The van der Waals surface area contributed by atoms with E-state index in [-0.39, 0.29) is 11.9 Å². The number of nitrogens with one attached hydrogen (secondary N) is 1. The van der Waals surface area contributed by atoms with Crippen LogP contribution >= 0.6 is 0 Å². The quantitative estimate of drug-likeness (QED) is 0.544. The van der Waals surface area contributed by atoms with Crippen molar-refractivity contribution in [3.8, 4) is 17.0 Å². The zero-order valence-corrected chi connectivity index (χ0v) is 15.1. The molecule has 4 aromatic rings. The highest BCUT2D eigenvalue weighted by Gasteiger charge is 2.10. The van der Waals surface area contributed by atoms with E-state index >= 15 is 0 Å². The van der Waals surface area contributed by atoms with Crippen LogP contribution in [0.2, 0.25) is 0 Å². The molecule has 138 valence electrons. The van der Waals surface area contributed by atoms with Crippen molar-refractivity contribution in [1.29, 1.82) is 0 Å². The van der Waals surface area contributed by atoms with Gasteiger partial charge in [-0.3, -0.25) is 10.1 Å². The van der Waals surface area contributed by atoms with Gasteiger partial charge in [0.1, 0.15) is 5.75 Å². The van der Waals surface area contributed by atoms with E-state index in [1.165, 1.54) is 6.08 Å². The first-order valence-corrected chi connectivity index (χ1v) is 8.63. The molecule has 0 saturated heterocycles. The monoisotopic (exact) mass is 371 g/mol. The van der Waals surface area contributed by atoms with Crippen LogP contribution in [0.5, 0.6) is 5.75 Å². The van der Waals surface area contributed by atoms with Crippen molar-refractivity contribution in [2.24, 2.45) is 0 Å². The molecular weight excluding hydrogens is 354 g/mol. The number of methoxy groups -OCH3 is 1. The summed E-state index contributed by atoms with van der Waals surface area (Å²) in [6.07, 6.45) is 4.80. The Hall–Kier alpha value is -4.00. The number of fused-ring (bicyclic) bond motifs is 1. The SMILES string of the molecule is COc1ccc(C=CC(=O)Nc2nc3nccc(-c4ccccc4)n3n2)cc1. The second-order valence-corrected chi connectivity index (χ2v) is 5.94. The summed E-state index contributed by atoms with van der Waals surface area (Å²) in [5.74, 6) is 1.04. The van der Waals surface area contributed by atoms with Gasteiger partial charge in [-0.1, -0.05) is 42.5 Å². The highest BCUT2D eigenvalue weighted by Crippen LogP contribution is 2.19. The minimum Gasteiger partial charge on any atom is -0.497 e. The molecule has 2 heterocycles. The second-order valence-electron chi connectivity index (χ2n) is 5.94. The van der Waals surface area contributed by atoms with Crippen LogP contribution in [0, 0.1) is 0 Å². The van der Waals surface area contributed by atoms with E-state index in [0.717, 1.165) is 22.6 Å². The zero-order valence-electron chi connectivity index (χ0n) is 15.1. The Labute approximate surface area is 161 Å². The number of amides is 1. The van der Waals surface area contributed by atoms with Gasteiger partial charge in [0.15, 0.2) is 0 Å². The summed E-state index contributed by atoms with van der Waals surface area (Å²) in [6, 6.07) is 19.0. The molecule has 0 atom stereocenters. The molecule has 7 nitrogen and oxygen atoms in total. The normalized spacial score (nSPS) is 11.0. The van der Waals surface area contributed by atoms with E-state index < -0.39 is 0 Å². The van der Waals surface area contributed by atoms with Gasteiger partial charge in [-0.05, 0) is 29.8 Å². The Balaban J connectivity index is 1.53. The first-order chi connectivity index (χ1) is 13.7. The van der Waals surface area contributed by atoms with Crippen LogP contribution in [-0.4, -0.2) is 32.6 Å². The molecule has 0 saturated carbocycles. The van der Waals surface area contributed by atoms with Crippen molar-refractivity contribution < 1.29 is 9.53 Å². The fourth-order valence-corrected chi connectivity index (χ4v) is 2.71. The van der Waals surface area contributed by atoms with Gasteiger partial charge in [0.25, 0.3) is 17.6 Å². The highest BCUT2D eigenvalue weighted by molar-refractivity contribution is 6.01. The lowest BCUT2D eigenvalue weighted by atomic mass is 10.1. The van der Waals surface area contributed by atoms with Crippen molar-refractivity contribution in [1.82, 2.24) is 19.6 Å². The van der Waals surface area contributed by atoms with Gasteiger partial charge in [0.05, 0.1) is 12.8 Å². The Morgan fingerprint density at radius 1 is 1.07 bits per heavy atom. The summed E-state index contributed by atoms with van der Waals surface area (Å²) in [5.41, 5.74) is 2.70. The predicted octanol–water partition coefficient (Wildman–Crippen LogP) is 3.45. The van der Waals surface area contributed by atoms with Crippen molar-refractivity contribution in [3.63, 3.8) is 0 Å². The number of ether oxygens (including phenoxy) is 1. The van der Waals surface area contributed by atoms with Crippen LogP contribution in [0.3, 0.4) is 0 Å². The smallest absolute Gasteiger partial charge is 0.254 e. The fraction of sp³-hybridized carbons (Fsp3) is 0.0476. The second kappa shape index (κ2) is 7.71. The van der Waals surface area contributed by atoms with Crippen LogP contribution in [0.25, 0.3) is 23.1 Å². The van der Waals surface area contributed by atoms with Gasteiger partial charge in [-0.15, -0.1) is 5.10 Å². The fourth-order valence-electron chi connectivity index (χ4n) is 2.71. The number of hydrogen-bond acceptors (Lipinski definition) is 5.